The van der Waals surface area contributed by atoms with E-state index in [1.807, 2.05) is 6.08 Å². The van der Waals surface area contributed by atoms with Crippen LogP contribution >= 0.6 is 0 Å². The van der Waals surface area contributed by atoms with Crippen LogP contribution in [0.3, 0.4) is 0 Å². The molecule has 6 nitrogen and oxygen atoms in total. The second-order valence-corrected chi connectivity index (χ2v) is 6.36. The number of carboxylic acids is 1. The Morgan fingerprint density at radius 3 is 2.96 bits per heavy atom. The molecule has 4 N–H and O–H groups in total. The van der Waals surface area contributed by atoms with E-state index in [1.54, 1.807) is 6.08 Å². The lowest BCUT2D eigenvalue weighted by Gasteiger charge is -2.30. The van der Waals surface area contributed by atoms with Crippen molar-refractivity contribution in [3.05, 3.63) is 23.4 Å². The van der Waals surface area contributed by atoms with E-state index in [0.717, 1.165) is 43.4 Å². The Morgan fingerprint density at radius 1 is 1.48 bits per heavy atom. The van der Waals surface area contributed by atoms with E-state index >= 15 is 0 Å². The molecule has 0 aromatic rings. The summed E-state index contributed by atoms with van der Waals surface area (Å²) in [6.45, 7) is 2.21. The number of rotatable bonds is 10. The normalized spacial score (nSPS) is 27.9. The van der Waals surface area contributed by atoms with Gasteiger partial charge in [0.05, 0.1) is 25.2 Å². The van der Waals surface area contributed by atoms with Crippen molar-refractivity contribution in [3.8, 4) is 0 Å². The predicted octanol–water partition coefficient (Wildman–Crippen LogP) is 1.74. The number of hydrogen-bond acceptors (Lipinski definition) is 5. The second-order valence-electron chi connectivity index (χ2n) is 6.36. The molecule has 1 fully saturated rings. The molecule has 2 rings (SSSR count). The average Bonchev–Trinajstić information content (AvgIpc) is 2.74. The lowest BCUT2D eigenvalue weighted by Crippen LogP contribution is -2.32. The van der Waals surface area contributed by atoms with Crippen LogP contribution in [0.2, 0.25) is 0 Å². The summed E-state index contributed by atoms with van der Waals surface area (Å²) in [4.78, 5) is 15.5. The van der Waals surface area contributed by atoms with Crippen molar-refractivity contribution in [2.24, 2.45) is 11.8 Å². The molecule has 0 heterocycles. The third-order valence-electron chi connectivity index (χ3n) is 4.61. The summed E-state index contributed by atoms with van der Waals surface area (Å²) in [5.74, 6) is -0.702. The number of aliphatic carboxylic acids is 1. The topological polar surface area (TPSA) is 99.0 Å². The van der Waals surface area contributed by atoms with Gasteiger partial charge in [0.25, 0.3) is 0 Å². The molecule has 0 bridgehead atoms. The molecule has 2 aliphatic rings. The van der Waals surface area contributed by atoms with Crippen molar-refractivity contribution in [2.75, 3.05) is 6.61 Å². The Balaban J connectivity index is 1.79. The third kappa shape index (κ3) is 4.80. The van der Waals surface area contributed by atoms with Crippen molar-refractivity contribution in [2.45, 2.75) is 57.7 Å². The lowest BCUT2D eigenvalue weighted by atomic mass is 9.83. The van der Waals surface area contributed by atoms with Crippen LogP contribution in [0, 0.1) is 11.8 Å². The zero-order valence-corrected chi connectivity index (χ0v) is 13.6. The first-order valence-electron chi connectivity index (χ1n) is 8.38. The molecular weight excluding hydrogens is 298 g/mol. The summed E-state index contributed by atoms with van der Waals surface area (Å²) < 4.78 is 0. The molecule has 0 aromatic carbocycles. The smallest absolute Gasteiger partial charge is 0.305 e. The highest BCUT2D eigenvalue weighted by Crippen LogP contribution is 2.48. The number of allylic oxidation sites excluding steroid dienone is 1. The highest BCUT2D eigenvalue weighted by Gasteiger charge is 2.45. The van der Waals surface area contributed by atoms with Gasteiger partial charge < -0.3 is 15.3 Å². The first kappa shape index (κ1) is 18.0. The summed E-state index contributed by atoms with van der Waals surface area (Å²) >= 11 is 0. The number of fused-ring (bicyclic) bond motifs is 1. The maximum atomic E-state index is 10.4. The summed E-state index contributed by atoms with van der Waals surface area (Å²) in [5, 5.41) is 28.7. The van der Waals surface area contributed by atoms with Crippen LogP contribution in [0.15, 0.2) is 23.4 Å². The van der Waals surface area contributed by atoms with Gasteiger partial charge in [-0.1, -0.05) is 31.9 Å². The Hall–Kier alpha value is -1.37. The number of unbranched alkanes of at least 4 members (excludes halogenated alkanes) is 1. The molecule has 0 aliphatic heterocycles. The molecule has 4 atom stereocenters. The van der Waals surface area contributed by atoms with E-state index in [1.165, 1.54) is 0 Å². The average molecular weight is 325 g/mol. The Labute approximate surface area is 136 Å². The van der Waals surface area contributed by atoms with Gasteiger partial charge in [0.1, 0.15) is 0 Å². The minimum Gasteiger partial charge on any atom is -0.481 e. The van der Waals surface area contributed by atoms with E-state index in [4.69, 9.17) is 9.94 Å². The second kappa shape index (κ2) is 8.47. The molecule has 1 saturated carbocycles. The van der Waals surface area contributed by atoms with Crippen LogP contribution in [0.4, 0.5) is 0 Å². The molecule has 0 amide bonds. The molecule has 2 aliphatic carbocycles. The molecule has 23 heavy (non-hydrogen) atoms. The minimum atomic E-state index is -0.890. The highest BCUT2D eigenvalue weighted by molar-refractivity contribution is 5.66. The van der Waals surface area contributed by atoms with Gasteiger partial charge in [0, 0.05) is 17.5 Å². The maximum absolute atomic E-state index is 10.4. The van der Waals surface area contributed by atoms with E-state index < -0.39 is 18.2 Å². The fourth-order valence-electron chi connectivity index (χ4n) is 3.19. The fourth-order valence-corrected chi connectivity index (χ4v) is 3.19. The minimum absolute atomic E-state index is 0.0320. The SMILES string of the molecule is CCCCC(O)C=CC1CC2=C(NOCCC(=O)O)C[C@H]2C1O. The van der Waals surface area contributed by atoms with E-state index in [-0.39, 0.29) is 24.9 Å². The zero-order chi connectivity index (χ0) is 16.8. The summed E-state index contributed by atoms with van der Waals surface area (Å²) in [7, 11) is 0. The van der Waals surface area contributed by atoms with Crippen LogP contribution in [0.5, 0.6) is 0 Å². The number of aliphatic hydroxyl groups is 2. The Bertz CT molecular complexity index is 474. The maximum Gasteiger partial charge on any atom is 0.305 e. The standard InChI is InChI=1S/C17H27NO5/c1-2-3-4-12(19)6-5-11-9-13-14(17(11)22)10-15(13)18-23-8-7-16(20)21/h5-6,11-12,14,17-19,22H,2-4,7-10H2,1H3,(H,20,21)/t11?,12?,14-,17?/m1/s1. The number of hydrogen-bond donors (Lipinski definition) is 4. The zero-order valence-electron chi connectivity index (χ0n) is 13.6. The van der Waals surface area contributed by atoms with Crippen molar-refractivity contribution in [3.63, 3.8) is 0 Å². The summed E-state index contributed by atoms with van der Waals surface area (Å²) in [5.41, 5.74) is 4.93. The van der Waals surface area contributed by atoms with Gasteiger partial charge in [-0.25, -0.2) is 0 Å². The Morgan fingerprint density at radius 2 is 2.26 bits per heavy atom. The molecule has 130 valence electrons. The third-order valence-corrected chi connectivity index (χ3v) is 4.61. The molecule has 3 unspecified atom stereocenters. The number of carbonyl (C=O) groups is 1. The van der Waals surface area contributed by atoms with Gasteiger partial charge in [0.15, 0.2) is 0 Å². The molecule has 0 radical (unpaired) electrons. The largest absolute Gasteiger partial charge is 0.481 e. The van der Waals surface area contributed by atoms with E-state index in [9.17, 15) is 15.0 Å². The van der Waals surface area contributed by atoms with Gasteiger partial charge in [-0.05, 0) is 24.8 Å². The number of hydroxylamine groups is 1. The monoisotopic (exact) mass is 325 g/mol. The van der Waals surface area contributed by atoms with Gasteiger partial charge in [-0.2, -0.15) is 0 Å². The Kier molecular flexibility index (Phi) is 6.62. The van der Waals surface area contributed by atoms with Crippen molar-refractivity contribution in [1.29, 1.82) is 0 Å². The highest BCUT2D eigenvalue weighted by atomic mass is 16.6. The molecule has 0 saturated heterocycles. The van der Waals surface area contributed by atoms with Gasteiger partial charge >= 0.3 is 5.97 Å². The predicted molar refractivity (Wildman–Crippen MR) is 85.3 cm³/mol. The van der Waals surface area contributed by atoms with Crippen molar-refractivity contribution < 1.29 is 25.0 Å². The van der Waals surface area contributed by atoms with Crippen LogP contribution < -0.4 is 5.48 Å². The van der Waals surface area contributed by atoms with Crippen LogP contribution in [0.1, 0.15) is 45.4 Å². The number of carboxylic acid groups (broad SMARTS) is 1. The van der Waals surface area contributed by atoms with Crippen LogP contribution in [0.25, 0.3) is 0 Å². The number of nitrogens with one attached hydrogen (secondary N) is 1. The fraction of sp³-hybridized carbons (Fsp3) is 0.706. The first-order valence-corrected chi connectivity index (χ1v) is 8.38. The van der Waals surface area contributed by atoms with Crippen LogP contribution in [-0.2, 0) is 9.63 Å². The first-order chi connectivity index (χ1) is 11.0. The van der Waals surface area contributed by atoms with Crippen molar-refractivity contribution in [1.82, 2.24) is 5.48 Å². The van der Waals surface area contributed by atoms with Crippen molar-refractivity contribution >= 4 is 5.97 Å². The molecule has 0 aromatic heterocycles. The van der Waals surface area contributed by atoms with Gasteiger partial charge in [-0.3, -0.25) is 15.1 Å². The molecular formula is C17H27NO5. The van der Waals surface area contributed by atoms with Crippen LogP contribution in [-0.4, -0.2) is 40.1 Å². The molecule has 6 heteroatoms. The van der Waals surface area contributed by atoms with Gasteiger partial charge in [0.2, 0.25) is 0 Å². The summed E-state index contributed by atoms with van der Waals surface area (Å²) in [6, 6.07) is 0. The van der Waals surface area contributed by atoms with E-state index in [2.05, 4.69) is 12.4 Å². The lowest BCUT2D eigenvalue weighted by molar-refractivity contribution is -0.138. The summed E-state index contributed by atoms with van der Waals surface area (Å²) in [6.07, 6.45) is 7.13. The molecule has 0 spiro atoms. The van der Waals surface area contributed by atoms with Gasteiger partial charge in [-0.15, -0.1) is 0 Å². The quantitative estimate of drug-likeness (QED) is 0.277. The number of aliphatic hydroxyl groups excluding tert-OH is 2. The van der Waals surface area contributed by atoms with E-state index in [0.29, 0.717) is 0 Å².